The molecule has 7 nitrogen and oxygen atoms in total. The molecule has 0 unspecified atom stereocenters. The molecule has 29 heavy (non-hydrogen) atoms. The Labute approximate surface area is 168 Å². The first-order valence-corrected chi connectivity index (χ1v) is 9.89. The first-order chi connectivity index (χ1) is 14.1. The number of piperidine rings is 1. The maximum absolute atomic E-state index is 13.0. The van der Waals surface area contributed by atoms with E-state index in [0.29, 0.717) is 24.8 Å². The molecule has 4 aromatic rings. The zero-order valence-corrected chi connectivity index (χ0v) is 16.6. The predicted octanol–water partition coefficient (Wildman–Crippen LogP) is 3.71. The van der Waals surface area contributed by atoms with Crippen LogP contribution >= 0.6 is 0 Å². The van der Waals surface area contributed by atoms with Crippen LogP contribution in [0.4, 0.5) is 0 Å². The number of hydrogen-bond donors (Lipinski definition) is 1. The van der Waals surface area contributed by atoms with Gasteiger partial charge >= 0.3 is 0 Å². The van der Waals surface area contributed by atoms with Gasteiger partial charge in [0.2, 0.25) is 0 Å². The highest BCUT2D eigenvalue weighted by atomic mass is 16.5. The largest absolute Gasteiger partial charge is 0.497 e. The van der Waals surface area contributed by atoms with Gasteiger partial charge in [-0.2, -0.15) is 0 Å². The number of nitrogens with zero attached hydrogens (tertiary/aromatic N) is 4. The van der Waals surface area contributed by atoms with E-state index >= 15 is 0 Å². The summed E-state index contributed by atoms with van der Waals surface area (Å²) >= 11 is 0. The second kappa shape index (κ2) is 6.92. The number of carbonyl (C=O) groups is 1. The molecule has 4 heterocycles. The van der Waals surface area contributed by atoms with Gasteiger partial charge in [-0.25, -0.2) is 9.97 Å². The van der Waals surface area contributed by atoms with Gasteiger partial charge in [-0.05, 0) is 56.2 Å². The lowest BCUT2D eigenvalue weighted by molar-refractivity contribution is 0.0690. The SMILES string of the molecule is COc1ccc2[nH]c(C(=O)N3CCC(n4c(C)nc5cccnc54)CC3)cc2c1. The molecule has 1 amide bonds. The lowest BCUT2D eigenvalue weighted by atomic mass is 10.0. The molecule has 1 N–H and O–H groups in total. The molecule has 3 aromatic heterocycles. The van der Waals surface area contributed by atoms with E-state index in [2.05, 4.69) is 19.5 Å². The van der Waals surface area contributed by atoms with E-state index in [-0.39, 0.29) is 5.91 Å². The molecule has 7 heteroatoms. The predicted molar refractivity (Wildman–Crippen MR) is 111 cm³/mol. The lowest BCUT2D eigenvalue weighted by Crippen LogP contribution is -2.39. The third kappa shape index (κ3) is 3.03. The van der Waals surface area contributed by atoms with E-state index in [1.165, 1.54) is 0 Å². The molecule has 1 aliphatic rings. The number of fused-ring (bicyclic) bond motifs is 2. The Bertz CT molecular complexity index is 1200. The topological polar surface area (TPSA) is 76.0 Å². The first kappa shape index (κ1) is 17.7. The minimum absolute atomic E-state index is 0.0453. The smallest absolute Gasteiger partial charge is 0.270 e. The number of H-pyrrole nitrogens is 1. The van der Waals surface area contributed by atoms with Crippen LogP contribution in [0.2, 0.25) is 0 Å². The third-order valence-electron chi connectivity index (χ3n) is 5.80. The highest BCUT2D eigenvalue weighted by molar-refractivity contribution is 5.98. The Morgan fingerprint density at radius 3 is 2.83 bits per heavy atom. The van der Waals surface area contributed by atoms with Crippen molar-refractivity contribution in [1.29, 1.82) is 0 Å². The van der Waals surface area contributed by atoms with Crippen LogP contribution in [0.25, 0.3) is 22.1 Å². The number of hydrogen-bond acceptors (Lipinski definition) is 4. The average molecular weight is 389 g/mol. The summed E-state index contributed by atoms with van der Waals surface area (Å²) in [6.45, 7) is 3.46. The average Bonchev–Trinajstić information content (AvgIpc) is 3.32. The van der Waals surface area contributed by atoms with E-state index in [4.69, 9.17) is 4.74 Å². The fraction of sp³-hybridized carbons (Fsp3) is 0.318. The number of ether oxygens (including phenoxy) is 1. The number of benzene rings is 1. The number of aromatic amines is 1. The minimum atomic E-state index is 0.0453. The Balaban J connectivity index is 1.33. The zero-order valence-electron chi connectivity index (χ0n) is 16.6. The second-order valence-electron chi connectivity index (χ2n) is 7.53. The highest BCUT2D eigenvalue weighted by Gasteiger charge is 2.27. The molecule has 5 rings (SSSR count). The van der Waals surface area contributed by atoms with Crippen molar-refractivity contribution in [3.63, 3.8) is 0 Å². The molecule has 0 aliphatic carbocycles. The van der Waals surface area contributed by atoms with E-state index in [9.17, 15) is 4.79 Å². The van der Waals surface area contributed by atoms with Crippen molar-refractivity contribution in [2.45, 2.75) is 25.8 Å². The Hall–Kier alpha value is -3.35. The molecule has 1 fully saturated rings. The van der Waals surface area contributed by atoms with E-state index < -0.39 is 0 Å². The van der Waals surface area contributed by atoms with Crippen molar-refractivity contribution in [3.05, 3.63) is 54.1 Å². The molecule has 1 saturated heterocycles. The zero-order chi connectivity index (χ0) is 20.0. The number of aromatic nitrogens is 4. The molecule has 148 valence electrons. The number of likely N-dealkylation sites (tertiary alicyclic amines) is 1. The quantitative estimate of drug-likeness (QED) is 0.580. The molecule has 0 spiro atoms. The number of carbonyl (C=O) groups excluding carboxylic acids is 1. The molecule has 0 atom stereocenters. The normalized spacial score (nSPS) is 15.3. The summed E-state index contributed by atoms with van der Waals surface area (Å²) in [6, 6.07) is 11.9. The Morgan fingerprint density at radius 2 is 2.03 bits per heavy atom. The molecule has 0 bridgehead atoms. The van der Waals surface area contributed by atoms with Gasteiger partial charge in [-0.3, -0.25) is 4.79 Å². The Kier molecular flexibility index (Phi) is 4.23. The van der Waals surface area contributed by atoms with Crippen LogP contribution in [0.3, 0.4) is 0 Å². The van der Waals surface area contributed by atoms with Crippen molar-refractivity contribution in [2.24, 2.45) is 0 Å². The van der Waals surface area contributed by atoms with Crippen LogP contribution in [0.5, 0.6) is 5.75 Å². The summed E-state index contributed by atoms with van der Waals surface area (Å²) < 4.78 is 7.50. The number of methoxy groups -OCH3 is 1. The van der Waals surface area contributed by atoms with Gasteiger partial charge in [0.05, 0.1) is 7.11 Å². The standard InChI is InChI=1S/C22H23N5O2/c1-14-24-19-4-3-9-23-21(19)27(14)16-7-10-26(11-8-16)22(28)20-13-15-12-17(29-2)5-6-18(15)25-20/h3-6,9,12-13,16,25H,7-8,10-11H2,1-2H3. The second-order valence-corrected chi connectivity index (χ2v) is 7.53. The number of amides is 1. The molecule has 1 aromatic carbocycles. The summed E-state index contributed by atoms with van der Waals surface area (Å²) in [6.07, 6.45) is 3.59. The first-order valence-electron chi connectivity index (χ1n) is 9.89. The van der Waals surface area contributed by atoms with Crippen molar-refractivity contribution in [3.8, 4) is 5.75 Å². The van der Waals surface area contributed by atoms with Gasteiger partial charge in [0, 0.05) is 36.2 Å². The van der Waals surface area contributed by atoms with Crippen LogP contribution in [-0.4, -0.2) is 50.5 Å². The number of pyridine rings is 1. The van der Waals surface area contributed by atoms with Gasteiger partial charge < -0.3 is 19.2 Å². The van der Waals surface area contributed by atoms with Gasteiger partial charge in [-0.15, -0.1) is 0 Å². The highest BCUT2D eigenvalue weighted by Crippen LogP contribution is 2.29. The fourth-order valence-corrected chi connectivity index (χ4v) is 4.33. The molecule has 1 aliphatic heterocycles. The van der Waals surface area contributed by atoms with Gasteiger partial charge in [-0.1, -0.05) is 0 Å². The van der Waals surface area contributed by atoms with Crippen molar-refractivity contribution in [2.75, 3.05) is 20.2 Å². The van der Waals surface area contributed by atoms with Crippen molar-refractivity contribution < 1.29 is 9.53 Å². The van der Waals surface area contributed by atoms with Crippen LogP contribution < -0.4 is 4.74 Å². The summed E-state index contributed by atoms with van der Waals surface area (Å²) in [5.74, 6) is 1.81. The number of rotatable bonds is 3. The number of aryl methyl sites for hydroxylation is 1. The van der Waals surface area contributed by atoms with Crippen molar-refractivity contribution in [1.82, 2.24) is 24.4 Å². The molecular formula is C22H23N5O2. The number of imidazole rings is 1. The van der Waals surface area contributed by atoms with Crippen LogP contribution in [-0.2, 0) is 0 Å². The Morgan fingerprint density at radius 1 is 1.21 bits per heavy atom. The molecule has 0 radical (unpaired) electrons. The summed E-state index contributed by atoms with van der Waals surface area (Å²) in [4.78, 5) is 27.4. The fourth-order valence-electron chi connectivity index (χ4n) is 4.33. The summed E-state index contributed by atoms with van der Waals surface area (Å²) in [7, 11) is 1.64. The monoisotopic (exact) mass is 389 g/mol. The van der Waals surface area contributed by atoms with Gasteiger partial charge in [0.15, 0.2) is 5.65 Å². The molecule has 0 saturated carbocycles. The summed E-state index contributed by atoms with van der Waals surface area (Å²) in [5, 5.41) is 0.981. The van der Waals surface area contributed by atoms with Crippen LogP contribution in [0, 0.1) is 6.92 Å². The third-order valence-corrected chi connectivity index (χ3v) is 5.80. The maximum atomic E-state index is 13.0. The lowest BCUT2D eigenvalue weighted by Gasteiger charge is -2.33. The van der Waals surface area contributed by atoms with Gasteiger partial charge in [0.1, 0.15) is 22.8 Å². The van der Waals surface area contributed by atoms with E-state index in [0.717, 1.165) is 46.5 Å². The minimum Gasteiger partial charge on any atom is -0.497 e. The summed E-state index contributed by atoms with van der Waals surface area (Å²) in [5.41, 5.74) is 3.42. The van der Waals surface area contributed by atoms with Gasteiger partial charge in [0.25, 0.3) is 5.91 Å². The van der Waals surface area contributed by atoms with Crippen LogP contribution in [0.15, 0.2) is 42.6 Å². The maximum Gasteiger partial charge on any atom is 0.270 e. The number of nitrogens with one attached hydrogen (secondary N) is 1. The van der Waals surface area contributed by atoms with E-state index in [1.54, 1.807) is 7.11 Å². The van der Waals surface area contributed by atoms with E-state index in [1.807, 2.05) is 54.4 Å². The molecular weight excluding hydrogens is 366 g/mol. The van der Waals surface area contributed by atoms with Crippen molar-refractivity contribution >= 4 is 28.0 Å². The van der Waals surface area contributed by atoms with Crippen LogP contribution in [0.1, 0.15) is 35.2 Å².